The summed E-state index contributed by atoms with van der Waals surface area (Å²) in [6.07, 6.45) is 3.88. The second-order valence-corrected chi connectivity index (χ2v) is 4.22. The normalized spacial score (nSPS) is 19.9. The minimum atomic E-state index is -0.408. The molecular formula is C11H16N4O2. The summed E-state index contributed by atoms with van der Waals surface area (Å²) >= 11 is 0. The smallest absolute Gasteiger partial charge is 0.311 e. The van der Waals surface area contributed by atoms with Crippen molar-refractivity contribution < 1.29 is 4.92 Å². The topological polar surface area (TPSA) is 80.1 Å². The first kappa shape index (κ1) is 11.8. The molecule has 6 nitrogen and oxygen atoms in total. The molecule has 0 saturated carbocycles. The van der Waals surface area contributed by atoms with Gasteiger partial charge < -0.3 is 10.6 Å². The average molecular weight is 236 g/mol. The number of aromatic nitrogens is 1. The third kappa shape index (κ3) is 3.13. The van der Waals surface area contributed by atoms with Crippen molar-refractivity contribution in [2.24, 2.45) is 5.92 Å². The van der Waals surface area contributed by atoms with Gasteiger partial charge >= 0.3 is 5.69 Å². The predicted octanol–water partition coefficient (Wildman–Crippen LogP) is 1.40. The van der Waals surface area contributed by atoms with E-state index in [-0.39, 0.29) is 5.69 Å². The third-order valence-corrected chi connectivity index (χ3v) is 2.94. The van der Waals surface area contributed by atoms with E-state index in [4.69, 9.17) is 0 Å². The molecule has 0 amide bonds. The molecule has 1 aromatic heterocycles. The van der Waals surface area contributed by atoms with Gasteiger partial charge in [0.05, 0.1) is 4.92 Å². The summed E-state index contributed by atoms with van der Waals surface area (Å²) in [7, 11) is 0. The van der Waals surface area contributed by atoms with E-state index in [1.54, 1.807) is 12.3 Å². The van der Waals surface area contributed by atoms with E-state index < -0.39 is 4.92 Å². The van der Waals surface area contributed by atoms with Crippen molar-refractivity contribution in [3.05, 3.63) is 28.4 Å². The van der Waals surface area contributed by atoms with Crippen LogP contribution in [-0.2, 0) is 0 Å². The number of hydrogen-bond donors (Lipinski definition) is 2. The van der Waals surface area contributed by atoms with E-state index in [0.29, 0.717) is 11.7 Å². The Labute approximate surface area is 99.6 Å². The number of nitro groups is 1. The highest BCUT2D eigenvalue weighted by Crippen LogP contribution is 2.21. The molecule has 1 aromatic rings. The maximum absolute atomic E-state index is 10.8. The molecule has 0 aliphatic carbocycles. The Morgan fingerprint density at radius 3 is 3.24 bits per heavy atom. The fraction of sp³-hybridized carbons (Fsp3) is 0.545. The molecular weight excluding hydrogens is 220 g/mol. The number of nitrogens with zero attached hydrogens (tertiary/aromatic N) is 2. The van der Waals surface area contributed by atoms with Gasteiger partial charge in [0.25, 0.3) is 0 Å². The van der Waals surface area contributed by atoms with Crippen molar-refractivity contribution in [2.45, 2.75) is 12.8 Å². The number of rotatable bonds is 4. The van der Waals surface area contributed by atoms with E-state index >= 15 is 0 Å². The van der Waals surface area contributed by atoms with Crippen molar-refractivity contribution in [3.63, 3.8) is 0 Å². The molecule has 17 heavy (non-hydrogen) atoms. The van der Waals surface area contributed by atoms with Crippen molar-refractivity contribution in [2.75, 3.05) is 25.0 Å². The maximum atomic E-state index is 10.8. The first-order valence-corrected chi connectivity index (χ1v) is 5.81. The van der Waals surface area contributed by atoms with Crippen LogP contribution in [0.1, 0.15) is 12.8 Å². The van der Waals surface area contributed by atoms with Gasteiger partial charge in [0.15, 0.2) is 0 Å². The summed E-state index contributed by atoms with van der Waals surface area (Å²) in [6.45, 7) is 2.76. The molecule has 0 aromatic carbocycles. The third-order valence-electron chi connectivity index (χ3n) is 2.94. The zero-order chi connectivity index (χ0) is 12.1. The van der Waals surface area contributed by atoms with Crippen LogP contribution in [0.3, 0.4) is 0 Å². The fourth-order valence-electron chi connectivity index (χ4n) is 2.02. The van der Waals surface area contributed by atoms with Gasteiger partial charge in [-0.3, -0.25) is 10.1 Å². The van der Waals surface area contributed by atoms with E-state index in [1.807, 2.05) is 0 Å². The lowest BCUT2D eigenvalue weighted by Gasteiger charge is -2.22. The number of nitrogens with one attached hydrogen (secondary N) is 2. The highest BCUT2D eigenvalue weighted by molar-refractivity contribution is 5.55. The highest BCUT2D eigenvalue weighted by Gasteiger charge is 2.17. The molecule has 1 atom stereocenters. The lowest BCUT2D eigenvalue weighted by atomic mass is 10.00. The van der Waals surface area contributed by atoms with Crippen molar-refractivity contribution in [1.29, 1.82) is 0 Å². The SMILES string of the molecule is O=[N+]([O-])c1cccnc1NC[C@H]1CCCNC1. The largest absolute Gasteiger partial charge is 0.364 e. The van der Waals surface area contributed by atoms with Gasteiger partial charge in [0.2, 0.25) is 5.82 Å². The van der Waals surface area contributed by atoms with Crippen LogP contribution in [0.2, 0.25) is 0 Å². The minimum Gasteiger partial charge on any atom is -0.364 e. The van der Waals surface area contributed by atoms with Gasteiger partial charge in [-0.2, -0.15) is 0 Å². The van der Waals surface area contributed by atoms with Crippen LogP contribution in [0, 0.1) is 16.0 Å². The van der Waals surface area contributed by atoms with Crippen molar-refractivity contribution >= 4 is 11.5 Å². The molecule has 92 valence electrons. The van der Waals surface area contributed by atoms with Crippen LogP contribution < -0.4 is 10.6 Å². The lowest BCUT2D eigenvalue weighted by Crippen LogP contribution is -2.33. The second-order valence-electron chi connectivity index (χ2n) is 4.22. The molecule has 2 rings (SSSR count). The molecule has 1 aliphatic heterocycles. The van der Waals surface area contributed by atoms with Crippen molar-refractivity contribution in [1.82, 2.24) is 10.3 Å². The molecule has 0 spiro atoms. The monoisotopic (exact) mass is 236 g/mol. The molecule has 6 heteroatoms. The summed E-state index contributed by atoms with van der Waals surface area (Å²) in [6, 6.07) is 3.04. The van der Waals surface area contributed by atoms with Gasteiger partial charge in [-0.1, -0.05) is 0 Å². The Balaban J connectivity index is 1.96. The van der Waals surface area contributed by atoms with Crippen LogP contribution in [0.25, 0.3) is 0 Å². The molecule has 1 saturated heterocycles. The van der Waals surface area contributed by atoms with Crippen LogP contribution in [-0.4, -0.2) is 29.5 Å². The Kier molecular flexibility index (Phi) is 3.87. The predicted molar refractivity (Wildman–Crippen MR) is 65.0 cm³/mol. The minimum absolute atomic E-state index is 0.0382. The Morgan fingerprint density at radius 1 is 1.65 bits per heavy atom. The first-order chi connectivity index (χ1) is 8.27. The number of hydrogen-bond acceptors (Lipinski definition) is 5. The molecule has 2 N–H and O–H groups in total. The summed E-state index contributed by atoms with van der Waals surface area (Å²) < 4.78 is 0. The van der Waals surface area contributed by atoms with Gasteiger partial charge in [-0.05, 0) is 37.9 Å². The van der Waals surface area contributed by atoms with Crippen LogP contribution in [0.4, 0.5) is 11.5 Å². The van der Waals surface area contributed by atoms with Gasteiger partial charge in [-0.15, -0.1) is 0 Å². The molecule has 1 aliphatic rings. The second kappa shape index (κ2) is 5.58. The van der Waals surface area contributed by atoms with Crippen LogP contribution in [0.15, 0.2) is 18.3 Å². The summed E-state index contributed by atoms with van der Waals surface area (Å²) in [5, 5.41) is 17.2. The fourth-order valence-corrected chi connectivity index (χ4v) is 2.02. The van der Waals surface area contributed by atoms with Gasteiger partial charge in [0, 0.05) is 18.8 Å². The average Bonchev–Trinajstić information content (AvgIpc) is 2.38. The zero-order valence-electron chi connectivity index (χ0n) is 9.56. The number of pyridine rings is 1. The highest BCUT2D eigenvalue weighted by atomic mass is 16.6. The Hall–Kier alpha value is -1.69. The van der Waals surface area contributed by atoms with Crippen LogP contribution in [0.5, 0.6) is 0 Å². The molecule has 1 fully saturated rings. The molecule has 2 heterocycles. The lowest BCUT2D eigenvalue weighted by molar-refractivity contribution is -0.384. The number of piperidine rings is 1. The van der Waals surface area contributed by atoms with Gasteiger partial charge in [-0.25, -0.2) is 4.98 Å². The van der Waals surface area contributed by atoms with Crippen LogP contribution >= 0.6 is 0 Å². The van der Waals surface area contributed by atoms with E-state index in [9.17, 15) is 10.1 Å². The van der Waals surface area contributed by atoms with Gasteiger partial charge in [0.1, 0.15) is 0 Å². The number of anilines is 1. The molecule has 0 radical (unpaired) electrons. The maximum Gasteiger partial charge on any atom is 0.311 e. The van der Waals surface area contributed by atoms with Crippen molar-refractivity contribution in [3.8, 4) is 0 Å². The summed E-state index contributed by atoms with van der Waals surface area (Å²) in [4.78, 5) is 14.4. The van der Waals surface area contributed by atoms with E-state index in [1.165, 1.54) is 6.07 Å². The molecule has 0 bridgehead atoms. The molecule has 0 unspecified atom stereocenters. The quantitative estimate of drug-likeness (QED) is 0.610. The Bertz CT molecular complexity index is 391. The zero-order valence-corrected chi connectivity index (χ0v) is 9.56. The Morgan fingerprint density at radius 2 is 2.53 bits per heavy atom. The van der Waals surface area contributed by atoms with E-state index in [0.717, 1.165) is 32.5 Å². The first-order valence-electron chi connectivity index (χ1n) is 5.81. The summed E-state index contributed by atoms with van der Waals surface area (Å²) in [5.41, 5.74) is 0.0382. The van der Waals surface area contributed by atoms with E-state index in [2.05, 4.69) is 15.6 Å². The standard InChI is InChI=1S/C11H16N4O2/c16-15(17)10-4-2-6-13-11(10)14-8-9-3-1-5-12-7-9/h2,4,6,9,12H,1,3,5,7-8H2,(H,13,14)/t9-/m0/s1. The summed E-state index contributed by atoms with van der Waals surface area (Å²) in [5.74, 6) is 0.883.